The molecule has 1 atom stereocenters. The number of halogens is 1. The van der Waals surface area contributed by atoms with E-state index in [1.54, 1.807) is 6.07 Å². The SMILES string of the molecule is CC(CN)c1cc(Cl)cc2c1OCO2. The molecule has 3 nitrogen and oxygen atoms in total. The maximum Gasteiger partial charge on any atom is 0.231 e. The Balaban J connectivity index is 2.48. The molecule has 4 heteroatoms. The van der Waals surface area contributed by atoms with E-state index in [9.17, 15) is 0 Å². The van der Waals surface area contributed by atoms with Gasteiger partial charge in [-0.2, -0.15) is 0 Å². The van der Waals surface area contributed by atoms with Crippen molar-refractivity contribution < 1.29 is 9.47 Å². The highest BCUT2D eigenvalue weighted by atomic mass is 35.5. The first-order chi connectivity index (χ1) is 6.72. The number of nitrogens with two attached hydrogens (primary N) is 1. The molecule has 1 aromatic carbocycles. The standard InChI is InChI=1S/C10H12ClNO2/c1-6(4-12)8-2-7(11)3-9-10(8)14-5-13-9/h2-3,6H,4-5,12H2,1H3. The van der Waals surface area contributed by atoms with Gasteiger partial charge in [0.25, 0.3) is 0 Å². The predicted molar refractivity (Wildman–Crippen MR) is 55.0 cm³/mol. The van der Waals surface area contributed by atoms with E-state index in [0.29, 0.717) is 17.3 Å². The lowest BCUT2D eigenvalue weighted by molar-refractivity contribution is 0.173. The zero-order valence-electron chi connectivity index (χ0n) is 7.92. The minimum atomic E-state index is 0.226. The first-order valence-corrected chi connectivity index (χ1v) is 4.89. The van der Waals surface area contributed by atoms with Crippen molar-refractivity contribution in [2.24, 2.45) is 5.73 Å². The normalized spacial score (nSPS) is 15.6. The van der Waals surface area contributed by atoms with Gasteiger partial charge in [-0.05, 0) is 18.5 Å². The third-order valence-electron chi connectivity index (χ3n) is 2.35. The van der Waals surface area contributed by atoms with Gasteiger partial charge in [-0.15, -0.1) is 0 Å². The summed E-state index contributed by atoms with van der Waals surface area (Å²) < 4.78 is 10.6. The Morgan fingerprint density at radius 1 is 1.50 bits per heavy atom. The van der Waals surface area contributed by atoms with Crippen molar-refractivity contribution in [1.29, 1.82) is 0 Å². The summed E-state index contributed by atoms with van der Waals surface area (Å²) in [6.45, 7) is 2.86. The van der Waals surface area contributed by atoms with E-state index in [1.165, 1.54) is 0 Å². The second kappa shape index (κ2) is 3.67. The average Bonchev–Trinajstić information content (AvgIpc) is 2.62. The van der Waals surface area contributed by atoms with Crippen molar-refractivity contribution in [2.75, 3.05) is 13.3 Å². The minimum Gasteiger partial charge on any atom is -0.454 e. The molecule has 2 N–H and O–H groups in total. The second-order valence-electron chi connectivity index (χ2n) is 3.37. The quantitative estimate of drug-likeness (QED) is 0.819. The van der Waals surface area contributed by atoms with Crippen LogP contribution in [-0.4, -0.2) is 13.3 Å². The largest absolute Gasteiger partial charge is 0.454 e. The Morgan fingerprint density at radius 2 is 2.29 bits per heavy atom. The van der Waals surface area contributed by atoms with Gasteiger partial charge in [0.2, 0.25) is 6.79 Å². The molecule has 0 saturated heterocycles. The first-order valence-electron chi connectivity index (χ1n) is 4.51. The molecule has 0 radical (unpaired) electrons. The van der Waals surface area contributed by atoms with Crippen LogP contribution in [0.25, 0.3) is 0 Å². The Bertz CT molecular complexity index is 354. The van der Waals surface area contributed by atoms with Crippen LogP contribution < -0.4 is 15.2 Å². The number of hydrogen-bond acceptors (Lipinski definition) is 3. The molecule has 14 heavy (non-hydrogen) atoms. The zero-order chi connectivity index (χ0) is 10.1. The van der Waals surface area contributed by atoms with Crippen molar-refractivity contribution in [3.05, 3.63) is 22.7 Å². The van der Waals surface area contributed by atoms with E-state index in [2.05, 4.69) is 0 Å². The van der Waals surface area contributed by atoms with Crippen LogP contribution in [0.15, 0.2) is 12.1 Å². The molecule has 0 fully saturated rings. The highest BCUT2D eigenvalue weighted by molar-refractivity contribution is 6.30. The van der Waals surface area contributed by atoms with Gasteiger partial charge in [-0.25, -0.2) is 0 Å². The zero-order valence-corrected chi connectivity index (χ0v) is 8.67. The molecular weight excluding hydrogens is 202 g/mol. The topological polar surface area (TPSA) is 44.5 Å². The van der Waals surface area contributed by atoms with Gasteiger partial charge in [0, 0.05) is 16.7 Å². The lowest BCUT2D eigenvalue weighted by Gasteiger charge is -2.12. The molecule has 76 valence electrons. The van der Waals surface area contributed by atoms with Gasteiger partial charge >= 0.3 is 0 Å². The van der Waals surface area contributed by atoms with Gasteiger partial charge in [-0.3, -0.25) is 0 Å². The lowest BCUT2D eigenvalue weighted by atomic mass is 10.00. The first kappa shape index (κ1) is 9.62. The molecule has 0 amide bonds. The molecular formula is C10H12ClNO2. The fraction of sp³-hybridized carbons (Fsp3) is 0.400. The van der Waals surface area contributed by atoms with E-state index in [-0.39, 0.29) is 12.7 Å². The predicted octanol–water partition coefficient (Wildman–Crippen LogP) is 2.13. The van der Waals surface area contributed by atoms with Crippen LogP contribution in [-0.2, 0) is 0 Å². The maximum absolute atomic E-state index is 5.95. The van der Waals surface area contributed by atoms with Gasteiger partial charge in [0.1, 0.15) is 0 Å². The van der Waals surface area contributed by atoms with E-state index in [0.717, 1.165) is 11.3 Å². The molecule has 0 aromatic heterocycles. The Labute approximate surface area is 87.8 Å². The summed E-state index contributed by atoms with van der Waals surface area (Å²) in [5, 5.41) is 0.657. The van der Waals surface area contributed by atoms with E-state index in [1.807, 2.05) is 13.0 Å². The van der Waals surface area contributed by atoms with Crippen LogP contribution in [0, 0.1) is 0 Å². The van der Waals surface area contributed by atoms with Gasteiger partial charge in [0.05, 0.1) is 0 Å². The smallest absolute Gasteiger partial charge is 0.231 e. The number of rotatable bonds is 2. The van der Waals surface area contributed by atoms with Crippen molar-refractivity contribution in [3.63, 3.8) is 0 Å². The Hall–Kier alpha value is -0.930. The summed E-state index contributed by atoms with van der Waals surface area (Å²) in [7, 11) is 0. The number of fused-ring (bicyclic) bond motifs is 1. The monoisotopic (exact) mass is 213 g/mol. The van der Waals surface area contributed by atoms with Gasteiger partial charge in [0.15, 0.2) is 11.5 Å². The van der Waals surface area contributed by atoms with Crippen LogP contribution in [0.2, 0.25) is 5.02 Å². The fourth-order valence-corrected chi connectivity index (χ4v) is 1.71. The summed E-state index contributed by atoms with van der Waals surface area (Å²) in [5.74, 6) is 1.73. The molecule has 2 rings (SSSR count). The molecule has 1 aromatic rings. The van der Waals surface area contributed by atoms with Crippen LogP contribution in [0.1, 0.15) is 18.4 Å². The van der Waals surface area contributed by atoms with E-state index in [4.69, 9.17) is 26.8 Å². The van der Waals surface area contributed by atoms with Gasteiger partial charge in [-0.1, -0.05) is 18.5 Å². The fourth-order valence-electron chi connectivity index (χ4n) is 1.50. The van der Waals surface area contributed by atoms with Crippen molar-refractivity contribution in [2.45, 2.75) is 12.8 Å². The van der Waals surface area contributed by atoms with Crippen LogP contribution in [0.3, 0.4) is 0 Å². The third kappa shape index (κ3) is 1.53. The molecule has 0 bridgehead atoms. The molecule has 1 aliphatic rings. The van der Waals surface area contributed by atoms with Crippen molar-refractivity contribution in [3.8, 4) is 11.5 Å². The second-order valence-corrected chi connectivity index (χ2v) is 3.80. The highest BCUT2D eigenvalue weighted by Gasteiger charge is 2.21. The Morgan fingerprint density at radius 3 is 3.00 bits per heavy atom. The number of hydrogen-bond donors (Lipinski definition) is 1. The van der Waals surface area contributed by atoms with Crippen LogP contribution >= 0.6 is 11.6 Å². The highest BCUT2D eigenvalue weighted by Crippen LogP contribution is 2.41. The summed E-state index contributed by atoms with van der Waals surface area (Å²) >= 11 is 5.95. The molecule has 1 heterocycles. The minimum absolute atomic E-state index is 0.226. The molecule has 0 saturated carbocycles. The summed E-state index contributed by atoms with van der Waals surface area (Å²) in [5.41, 5.74) is 6.63. The molecule has 1 unspecified atom stereocenters. The van der Waals surface area contributed by atoms with Crippen molar-refractivity contribution in [1.82, 2.24) is 0 Å². The maximum atomic E-state index is 5.95. The summed E-state index contributed by atoms with van der Waals surface area (Å²) in [6.07, 6.45) is 0. The molecule has 0 spiro atoms. The summed E-state index contributed by atoms with van der Waals surface area (Å²) in [6, 6.07) is 3.64. The van der Waals surface area contributed by atoms with E-state index >= 15 is 0 Å². The lowest BCUT2D eigenvalue weighted by Crippen LogP contribution is -2.09. The number of ether oxygens (including phenoxy) is 2. The van der Waals surface area contributed by atoms with Crippen molar-refractivity contribution >= 4 is 11.6 Å². The summed E-state index contributed by atoms with van der Waals surface area (Å²) in [4.78, 5) is 0. The van der Waals surface area contributed by atoms with Gasteiger partial charge < -0.3 is 15.2 Å². The molecule has 1 aliphatic heterocycles. The van der Waals surface area contributed by atoms with E-state index < -0.39 is 0 Å². The third-order valence-corrected chi connectivity index (χ3v) is 2.57. The Kier molecular flexibility index (Phi) is 2.52. The average molecular weight is 214 g/mol. The van der Waals surface area contributed by atoms with Crippen LogP contribution in [0.5, 0.6) is 11.5 Å². The number of benzene rings is 1. The van der Waals surface area contributed by atoms with Crippen LogP contribution in [0.4, 0.5) is 0 Å². The molecule has 0 aliphatic carbocycles.